The standard InChI is InChI=1S/C19H22N4/c1-3-14-10-16-5-7-18(22-16)19-8-6-17(23-19)11-15-4-2-13(21-15)9-12(1)20-14/h9-11,18-20H,1-8H2. The highest BCUT2D eigenvalue weighted by Crippen LogP contribution is 2.30. The van der Waals surface area contributed by atoms with Crippen LogP contribution < -0.4 is 5.32 Å². The Kier molecular flexibility index (Phi) is 3.10. The van der Waals surface area contributed by atoms with Crippen molar-refractivity contribution in [3.05, 3.63) is 35.3 Å². The molecule has 0 aliphatic carbocycles. The second kappa shape index (κ2) is 5.29. The van der Waals surface area contributed by atoms with Crippen LogP contribution in [0.5, 0.6) is 0 Å². The molecule has 1 saturated heterocycles. The number of hydrogen-bond acceptors (Lipinski definition) is 4. The van der Waals surface area contributed by atoms with Crippen LogP contribution in [0.4, 0.5) is 0 Å². The van der Waals surface area contributed by atoms with Crippen molar-refractivity contribution in [2.75, 3.05) is 0 Å². The van der Waals surface area contributed by atoms with Gasteiger partial charge in [-0.05, 0) is 69.6 Å². The van der Waals surface area contributed by atoms with E-state index in [4.69, 9.17) is 15.0 Å². The number of nitrogens with one attached hydrogen (secondary N) is 1. The summed E-state index contributed by atoms with van der Waals surface area (Å²) in [6, 6.07) is 0.778. The van der Waals surface area contributed by atoms with Crippen LogP contribution in [0.1, 0.15) is 51.4 Å². The minimum atomic E-state index is 0.387. The molecule has 118 valence electrons. The van der Waals surface area contributed by atoms with Gasteiger partial charge in [-0.15, -0.1) is 0 Å². The monoisotopic (exact) mass is 306 g/mol. The zero-order chi connectivity index (χ0) is 15.2. The Bertz CT molecular complexity index is 732. The van der Waals surface area contributed by atoms with Gasteiger partial charge >= 0.3 is 0 Å². The third kappa shape index (κ3) is 2.60. The summed E-state index contributed by atoms with van der Waals surface area (Å²) in [5.41, 5.74) is 7.53. The number of rotatable bonds is 0. The van der Waals surface area contributed by atoms with Gasteiger partial charge in [0.15, 0.2) is 0 Å². The first-order chi connectivity index (χ1) is 11.3. The molecule has 23 heavy (non-hydrogen) atoms. The van der Waals surface area contributed by atoms with E-state index in [-0.39, 0.29) is 0 Å². The minimum absolute atomic E-state index is 0.387. The molecule has 0 saturated carbocycles. The maximum Gasteiger partial charge on any atom is 0.0730 e. The van der Waals surface area contributed by atoms with Crippen LogP contribution in [-0.2, 0) is 0 Å². The van der Waals surface area contributed by atoms with Gasteiger partial charge in [0.05, 0.1) is 12.1 Å². The average Bonchev–Trinajstić information content (AvgIpc) is 3.28. The van der Waals surface area contributed by atoms with E-state index in [1.807, 2.05) is 0 Å². The summed E-state index contributed by atoms with van der Waals surface area (Å²) in [5, 5.41) is 3.57. The molecule has 5 heterocycles. The lowest BCUT2D eigenvalue weighted by molar-refractivity contribution is 0.527. The second-order valence-corrected chi connectivity index (χ2v) is 7.16. The van der Waals surface area contributed by atoms with Crippen molar-refractivity contribution >= 4 is 17.1 Å². The summed E-state index contributed by atoms with van der Waals surface area (Å²) in [5.74, 6) is 0. The van der Waals surface area contributed by atoms with Crippen LogP contribution in [0.25, 0.3) is 0 Å². The molecule has 0 aromatic rings. The fraction of sp³-hybridized carbons (Fsp3) is 0.526. The van der Waals surface area contributed by atoms with Gasteiger partial charge in [-0.3, -0.25) is 15.0 Å². The molecular formula is C19H22N4. The van der Waals surface area contributed by atoms with E-state index in [9.17, 15) is 0 Å². The zero-order valence-electron chi connectivity index (χ0n) is 13.4. The molecule has 8 bridgehead atoms. The molecule has 4 heteroatoms. The van der Waals surface area contributed by atoms with Crippen LogP contribution in [0, 0.1) is 0 Å². The van der Waals surface area contributed by atoms with Gasteiger partial charge in [-0.25, -0.2) is 0 Å². The van der Waals surface area contributed by atoms with E-state index in [0.29, 0.717) is 12.1 Å². The van der Waals surface area contributed by atoms with Gasteiger partial charge in [0, 0.05) is 34.2 Å². The normalized spacial score (nSPS) is 32.0. The van der Waals surface area contributed by atoms with Gasteiger partial charge in [0.2, 0.25) is 0 Å². The number of hydrogen-bond donors (Lipinski definition) is 1. The van der Waals surface area contributed by atoms with Crippen LogP contribution in [0.15, 0.2) is 50.3 Å². The molecule has 0 aromatic heterocycles. The summed E-state index contributed by atoms with van der Waals surface area (Å²) in [6.07, 6.45) is 15.6. The molecule has 1 fully saturated rings. The third-order valence-electron chi connectivity index (χ3n) is 5.42. The molecule has 0 spiro atoms. The van der Waals surface area contributed by atoms with E-state index >= 15 is 0 Å². The first-order valence-electron chi connectivity index (χ1n) is 8.91. The lowest BCUT2D eigenvalue weighted by Crippen LogP contribution is -2.17. The fourth-order valence-electron chi connectivity index (χ4n) is 4.22. The Hall–Kier alpha value is -1.97. The van der Waals surface area contributed by atoms with E-state index < -0.39 is 0 Å². The number of aliphatic imine (C=N–C) groups is 3. The highest BCUT2D eigenvalue weighted by Gasteiger charge is 2.29. The van der Waals surface area contributed by atoms with Crippen molar-refractivity contribution in [2.45, 2.75) is 63.5 Å². The Balaban J connectivity index is 1.55. The minimum Gasteiger partial charge on any atom is -0.362 e. The molecule has 5 rings (SSSR count). The molecule has 1 N–H and O–H groups in total. The lowest BCUT2D eigenvalue weighted by Gasteiger charge is -2.11. The fourth-order valence-corrected chi connectivity index (χ4v) is 4.22. The molecular weight excluding hydrogens is 284 g/mol. The van der Waals surface area contributed by atoms with Crippen molar-refractivity contribution in [3.8, 4) is 0 Å². The molecule has 0 amide bonds. The maximum atomic E-state index is 4.97. The van der Waals surface area contributed by atoms with E-state index in [1.54, 1.807) is 0 Å². The van der Waals surface area contributed by atoms with E-state index in [0.717, 1.165) is 51.4 Å². The molecule has 2 atom stereocenters. The van der Waals surface area contributed by atoms with Gasteiger partial charge < -0.3 is 5.32 Å². The summed E-state index contributed by atoms with van der Waals surface area (Å²) in [7, 11) is 0. The number of allylic oxidation sites excluding steroid dienone is 6. The largest absolute Gasteiger partial charge is 0.362 e. The molecule has 5 aliphatic heterocycles. The summed E-state index contributed by atoms with van der Waals surface area (Å²) in [4.78, 5) is 14.7. The molecule has 5 aliphatic rings. The first kappa shape index (κ1) is 13.5. The predicted octanol–water partition coefficient (Wildman–Crippen LogP) is 3.48. The first-order valence-corrected chi connectivity index (χ1v) is 8.91. The summed E-state index contributed by atoms with van der Waals surface area (Å²) < 4.78 is 0. The van der Waals surface area contributed by atoms with Crippen molar-refractivity contribution in [3.63, 3.8) is 0 Å². The predicted molar refractivity (Wildman–Crippen MR) is 94.2 cm³/mol. The van der Waals surface area contributed by atoms with E-state index in [2.05, 4.69) is 23.5 Å². The highest BCUT2D eigenvalue weighted by molar-refractivity contribution is 6.01. The molecule has 4 nitrogen and oxygen atoms in total. The van der Waals surface area contributed by atoms with Crippen molar-refractivity contribution in [1.82, 2.24) is 5.32 Å². The Morgan fingerprint density at radius 2 is 1.35 bits per heavy atom. The Morgan fingerprint density at radius 1 is 0.696 bits per heavy atom. The molecule has 0 radical (unpaired) electrons. The van der Waals surface area contributed by atoms with Crippen LogP contribution >= 0.6 is 0 Å². The van der Waals surface area contributed by atoms with E-state index in [1.165, 1.54) is 34.2 Å². The smallest absolute Gasteiger partial charge is 0.0730 e. The Morgan fingerprint density at radius 3 is 2.09 bits per heavy atom. The van der Waals surface area contributed by atoms with Crippen LogP contribution in [0.3, 0.4) is 0 Å². The maximum absolute atomic E-state index is 4.97. The number of fused-ring (bicyclic) bond motifs is 6. The van der Waals surface area contributed by atoms with Crippen molar-refractivity contribution in [2.24, 2.45) is 15.0 Å². The van der Waals surface area contributed by atoms with Crippen molar-refractivity contribution < 1.29 is 0 Å². The second-order valence-electron chi connectivity index (χ2n) is 7.16. The lowest BCUT2D eigenvalue weighted by atomic mass is 10.0. The summed E-state index contributed by atoms with van der Waals surface area (Å²) in [6.45, 7) is 0. The van der Waals surface area contributed by atoms with Gasteiger partial charge in [0.1, 0.15) is 0 Å². The Labute approximate surface area is 136 Å². The van der Waals surface area contributed by atoms with Gasteiger partial charge in [-0.2, -0.15) is 0 Å². The van der Waals surface area contributed by atoms with Crippen molar-refractivity contribution in [1.29, 1.82) is 0 Å². The van der Waals surface area contributed by atoms with Gasteiger partial charge in [-0.1, -0.05) is 0 Å². The zero-order valence-corrected chi connectivity index (χ0v) is 13.4. The van der Waals surface area contributed by atoms with Crippen LogP contribution in [0.2, 0.25) is 0 Å². The molecule has 0 aromatic carbocycles. The highest BCUT2D eigenvalue weighted by atomic mass is 15.0. The number of nitrogens with zero attached hydrogens (tertiary/aromatic N) is 3. The quantitative estimate of drug-likeness (QED) is 0.732. The van der Waals surface area contributed by atoms with Gasteiger partial charge in [0.25, 0.3) is 0 Å². The third-order valence-corrected chi connectivity index (χ3v) is 5.42. The molecule has 2 unspecified atom stereocenters. The van der Waals surface area contributed by atoms with Crippen LogP contribution in [-0.4, -0.2) is 29.2 Å². The average molecular weight is 306 g/mol. The topological polar surface area (TPSA) is 49.1 Å². The SMILES string of the molecule is C1=C2CCC(=N2)C=C2CCC(=CC3=NC(CC3)C3CCC1=N3)N2. The summed E-state index contributed by atoms with van der Waals surface area (Å²) >= 11 is 0.